The highest BCUT2D eigenvalue weighted by atomic mass is 79.9. The van der Waals surface area contributed by atoms with Gasteiger partial charge in [0, 0.05) is 5.02 Å². The fourth-order valence-corrected chi connectivity index (χ4v) is 2.58. The average molecular weight is 427 g/mol. The molecule has 0 fully saturated rings. The fraction of sp³-hybridized carbons (Fsp3) is 0.0769. The summed E-state index contributed by atoms with van der Waals surface area (Å²) in [5.74, 6) is -1.04. The Morgan fingerprint density at radius 1 is 1.40 bits per heavy atom. The molecule has 0 saturated carbocycles. The molecule has 0 unspecified atom stereocenters. The van der Waals surface area contributed by atoms with Crippen LogP contribution in [0.1, 0.15) is 16.1 Å². The second-order valence-corrected chi connectivity index (χ2v) is 6.07. The molecular weight excluding hydrogens is 418 g/mol. The Balaban J connectivity index is 1.69. The lowest BCUT2D eigenvalue weighted by Gasteiger charge is -2.01. The lowest BCUT2D eigenvalue weighted by atomic mass is 10.2. The van der Waals surface area contributed by atoms with Gasteiger partial charge in [0.1, 0.15) is 10.8 Å². The molecule has 1 aromatic carbocycles. The summed E-state index contributed by atoms with van der Waals surface area (Å²) in [6.45, 7) is 0.442. The Bertz CT molecular complexity index is 938. The van der Waals surface area contributed by atoms with Crippen molar-refractivity contribution in [1.29, 1.82) is 0 Å². The summed E-state index contributed by atoms with van der Waals surface area (Å²) in [7, 11) is 0. The zero-order valence-electron chi connectivity index (χ0n) is 12.3. The summed E-state index contributed by atoms with van der Waals surface area (Å²) in [5, 5.41) is 23.7. The lowest BCUT2D eigenvalue weighted by molar-refractivity contribution is -0.390. The van der Waals surface area contributed by atoms with Gasteiger partial charge in [0.2, 0.25) is 5.95 Å². The number of anilines is 1. The minimum absolute atomic E-state index is 0.0457. The summed E-state index contributed by atoms with van der Waals surface area (Å²) < 4.78 is 1.48. The van der Waals surface area contributed by atoms with Crippen LogP contribution in [0.15, 0.2) is 35.1 Å². The molecule has 0 bridgehead atoms. The Kier molecular flexibility index (Phi) is 4.76. The molecule has 0 atom stereocenters. The van der Waals surface area contributed by atoms with Gasteiger partial charge in [0.15, 0.2) is 5.69 Å². The van der Waals surface area contributed by atoms with Crippen molar-refractivity contribution in [2.45, 2.75) is 6.54 Å². The van der Waals surface area contributed by atoms with Crippen molar-refractivity contribution in [2.24, 2.45) is 0 Å². The number of halogens is 2. The van der Waals surface area contributed by atoms with Crippen molar-refractivity contribution in [3.63, 3.8) is 0 Å². The van der Waals surface area contributed by atoms with Gasteiger partial charge in [-0.2, -0.15) is 0 Å². The first kappa shape index (κ1) is 17.0. The maximum absolute atomic E-state index is 12.1. The first-order valence-electron chi connectivity index (χ1n) is 6.77. The average Bonchev–Trinajstić information content (AvgIpc) is 3.16. The molecule has 0 aliphatic heterocycles. The van der Waals surface area contributed by atoms with E-state index in [1.54, 1.807) is 12.1 Å². The molecular formula is C13H9BrClN7O3. The van der Waals surface area contributed by atoms with Gasteiger partial charge in [-0.3, -0.25) is 10.1 Å². The largest absolute Gasteiger partial charge is 0.358 e. The normalized spacial score (nSPS) is 10.6. The van der Waals surface area contributed by atoms with Crippen molar-refractivity contribution in [2.75, 3.05) is 5.32 Å². The minimum atomic E-state index is -0.688. The number of amides is 1. The molecule has 10 nitrogen and oxygen atoms in total. The second-order valence-electron chi connectivity index (χ2n) is 4.84. The topological polar surface area (TPSA) is 132 Å². The van der Waals surface area contributed by atoms with Crippen LogP contribution < -0.4 is 5.32 Å². The molecule has 2 heterocycles. The molecule has 12 heteroatoms. The van der Waals surface area contributed by atoms with Crippen LogP contribution in [0.25, 0.3) is 0 Å². The number of benzene rings is 1. The van der Waals surface area contributed by atoms with Crippen molar-refractivity contribution in [1.82, 2.24) is 25.0 Å². The summed E-state index contributed by atoms with van der Waals surface area (Å²) >= 11 is 8.80. The molecule has 0 aliphatic carbocycles. The number of carbonyl (C=O) groups excluding carboxylic acids is 1. The molecule has 0 radical (unpaired) electrons. The predicted octanol–water partition coefficient (Wildman–Crippen LogP) is 2.63. The maximum Gasteiger partial charge on any atom is 0.357 e. The van der Waals surface area contributed by atoms with E-state index in [9.17, 15) is 14.9 Å². The number of nitrogens with one attached hydrogen (secondary N) is 2. The highest BCUT2D eigenvalue weighted by Crippen LogP contribution is 2.25. The van der Waals surface area contributed by atoms with Crippen LogP contribution in [-0.2, 0) is 6.54 Å². The summed E-state index contributed by atoms with van der Waals surface area (Å²) in [6, 6.07) is 7.22. The zero-order valence-corrected chi connectivity index (χ0v) is 14.7. The van der Waals surface area contributed by atoms with Gasteiger partial charge >= 0.3 is 5.82 Å². The number of rotatable bonds is 5. The monoisotopic (exact) mass is 425 g/mol. The van der Waals surface area contributed by atoms with E-state index >= 15 is 0 Å². The van der Waals surface area contributed by atoms with Crippen LogP contribution in [0.4, 0.5) is 11.8 Å². The first-order chi connectivity index (χ1) is 11.9. The summed E-state index contributed by atoms with van der Waals surface area (Å²) in [5.41, 5.74) is 0.790. The summed E-state index contributed by atoms with van der Waals surface area (Å²) in [6.07, 6.45) is 1.45. The molecule has 128 valence electrons. The van der Waals surface area contributed by atoms with Crippen LogP contribution >= 0.6 is 27.5 Å². The Hall–Kier alpha value is -2.79. The van der Waals surface area contributed by atoms with E-state index in [1.807, 2.05) is 12.1 Å². The standard InChI is InChI=1S/C13H9BrClN7O3/c14-9-10(18-19-11(9)22(24)25)12(23)17-13-16-6-21(20-13)5-7-1-3-8(15)4-2-7/h1-4,6H,5H2,(H,18,19)(H,17,20,23). The van der Waals surface area contributed by atoms with Gasteiger partial charge in [0.05, 0.1) is 6.54 Å². The molecule has 3 rings (SSSR count). The maximum atomic E-state index is 12.1. The molecule has 0 aliphatic rings. The van der Waals surface area contributed by atoms with E-state index in [4.69, 9.17) is 11.6 Å². The van der Waals surface area contributed by atoms with E-state index in [1.165, 1.54) is 11.0 Å². The number of nitrogens with zero attached hydrogens (tertiary/aromatic N) is 5. The second kappa shape index (κ2) is 6.99. The number of hydrogen-bond donors (Lipinski definition) is 2. The van der Waals surface area contributed by atoms with E-state index < -0.39 is 16.6 Å². The Morgan fingerprint density at radius 3 is 2.76 bits per heavy atom. The number of hydrogen-bond acceptors (Lipinski definition) is 6. The fourth-order valence-electron chi connectivity index (χ4n) is 1.96. The molecule has 1 amide bonds. The van der Waals surface area contributed by atoms with E-state index in [0.717, 1.165) is 5.56 Å². The summed E-state index contributed by atoms with van der Waals surface area (Å²) in [4.78, 5) is 26.2. The highest BCUT2D eigenvalue weighted by molar-refractivity contribution is 9.10. The number of carbonyl (C=O) groups is 1. The molecule has 2 N–H and O–H groups in total. The third kappa shape index (κ3) is 3.83. The number of aromatic amines is 1. The van der Waals surface area contributed by atoms with Gasteiger partial charge < -0.3 is 10.1 Å². The smallest absolute Gasteiger partial charge is 0.357 e. The molecule has 2 aromatic heterocycles. The van der Waals surface area contributed by atoms with E-state index in [-0.39, 0.29) is 16.1 Å². The lowest BCUT2D eigenvalue weighted by Crippen LogP contribution is -2.14. The zero-order chi connectivity index (χ0) is 18.0. The Morgan fingerprint density at radius 2 is 2.12 bits per heavy atom. The number of H-pyrrole nitrogens is 1. The molecule has 25 heavy (non-hydrogen) atoms. The van der Waals surface area contributed by atoms with Gasteiger partial charge in [-0.1, -0.05) is 28.8 Å². The van der Waals surface area contributed by atoms with E-state index in [2.05, 4.69) is 41.5 Å². The third-order valence-electron chi connectivity index (χ3n) is 3.11. The third-order valence-corrected chi connectivity index (χ3v) is 4.11. The quantitative estimate of drug-likeness (QED) is 0.476. The van der Waals surface area contributed by atoms with Gasteiger partial charge in [-0.25, -0.2) is 9.67 Å². The molecule has 3 aromatic rings. The van der Waals surface area contributed by atoms with Crippen molar-refractivity contribution < 1.29 is 9.72 Å². The van der Waals surface area contributed by atoms with Crippen LogP contribution in [0.5, 0.6) is 0 Å². The van der Waals surface area contributed by atoms with Gasteiger partial charge in [-0.05, 0) is 38.5 Å². The van der Waals surface area contributed by atoms with Crippen molar-refractivity contribution in [3.05, 3.63) is 61.5 Å². The first-order valence-corrected chi connectivity index (χ1v) is 7.94. The van der Waals surface area contributed by atoms with Crippen LogP contribution in [0.3, 0.4) is 0 Å². The van der Waals surface area contributed by atoms with Crippen molar-refractivity contribution >= 4 is 45.2 Å². The molecule has 0 spiro atoms. The van der Waals surface area contributed by atoms with Crippen LogP contribution in [-0.4, -0.2) is 35.8 Å². The number of aromatic nitrogens is 5. The Labute approximate surface area is 153 Å². The molecule has 0 saturated heterocycles. The van der Waals surface area contributed by atoms with E-state index in [0.29, 0.717) is 11.6 Å². The SMILES string of the molecule is O=C(Nc1ncn(Cc2ccc(Cl)cc2)n1)c1n[nH]c([N+](=O)[O-])c1Br. The predicted molar refractivity (Wildman–Crippen MR) is 91.5 cm³/mol. The minimum Gasteiger partial charge on any atom is -0.358 e. The number of nitro groups is 1. The van der Waals surface area contributed by atoms with Crippen molar-refractivity contribution in [3.8, 4) is 0 Å². The highest BCUT2D eigenvalue weighted by Gasteiger charge is 2.25. The van der Waals surface area contributed by atoms with Crippen LogP contribution in [0.2, 0.25) is 5.02 Å². The van der Waals surface area contributed by atoms with Crippen LogP contribution in [0, 0.1) is 10.1 Å². The van der Waals surface area contributed by atoms with Gasteiger partial charge in [0.25, 0.3) is 5.91 Å². The van der Waals surface area contributed by atoms with Gasteiger partial charge in [-0.15, -0.1) is 10.2 Å².